The number of guanidine groups is 1. The summed E-state index contributed by atoms with van der Waals surface area (Å²) in [6.07, 6.45) is -4.79. The van der Waals surface area contributed by atoms with E-state index in [-0.39, 0.29) is 89.1 Å². The third-order valence-corrected chi connectivity index (χ3v) is 21.9. The van der Waals surface area contributed by atoms with Crippen molar-refractivity contribution in [3.05, 3.63) is 108 Å². The van der Waals surface area contributed by atoms with E-state index in [4.69, 9.17) is 34.1 Å². The van der Waals surface area contributed by atoms with Gasteiger partial charge >= 0.3 is 11.9 Å². The first kappa shape index (κ1) is 108. The summed E-state index contributed by atoms with van der Waals surface area (Å²) in [5.41, 5.74) is 29.6. The summed E-state index contributed by atoms with van der Waals surface area (Å²) in [6, 6.07) is 2.06. The number of nitrogens with two attached hydrogens (primary N) is 5. The van der Waals surface area contributed by atoms with Gasteiger partial charge in [-0.15, -0.1) is 0 Å². The fourth-order valence-corrected chi connectivity index (χ4v) is 14.1. The number of benzene rings is 3. The molecule has 1 saturated heterocycles. The largest absolute Gasteiger partial charge is 0.481 e. The van der Waals surface area contributed by atoms with Gasteiger partial charge in [0.2, 0.25) is 100 Å². The maximum absolute atomic E-state index is 15.0. The number of nitrogens with one attached hydrogen (secondary N) is 15. The van der Waals surface area contributed by atoms with Gasteiger partial charge in [0.1, 0.15) is 78.5 Å². The Labute approximate surface area is 751 Å². The molecule has 28 N–H and O–H groups in total. The zero-order valence-electron chi connectivity index (χ0n) is 73.7. The lowest BCUT2D eigenvalue weighted by Crippen LogP contribution is -2.62. The molecule has 0 aromatic heterocycles. The van der Waals surface area contributed by atoms with Gasteiger partial charge in [-0.25, -0.2) is 4.79 Å². The van der Waals surface area contributed by atoms with Crippen LogP contribution in [0, 0.1) is 23.2 Å². The van der Waals surface area contributed by atoms with Gasteiger partial charge in [0, 0.05) is 45.2 Å². The van der Waals surface area contributed by atoms with E-state index in [2.05, 4.69) is 74.4 Å². The number of primary amides is 3. The van der Waals surface area contributed by atoms with E-state index < -0.39 is 260 Å². The Hall–Kier alpha value is -12.9. The lowest BCUT2D eigenvalue weighted by molar-refractivity contribution is -0.146. The number of aliphatic hydroxyl groups excluding tert-OH is 1. The number of aliphatic hydroxyl groups is 1. The molecule has 1 aliphatic rings. The SMILES string of the molecule is CC[C@H](C)[C@H](N)C(=O)NCC(=O)N[C@@H](CCSC)C(=O)N[C@@H](CCC(N)=O)C(=O)N[C@@H](Cc1ccccc1)C(=O)N[C@@H](Cc1ccccc1)C(=O)N[C@@H](CC(=O)O)C(=O)N1CCC[C@H]1C(=O)N[C@@H](CCCNC(=N)N)C(=O)N[C@H](C(=O)N[C@@H](CCC(N)=O)C(=O)N[C@@H](CC(N)=O)C(=O)N[C@H](C(=O)N[C@@H](CC(C)C)C(=O)N[C@@H](Cc1ccccc1)C(=O)O)[C@@H](C)CC)[C@@H](C)O. The van der Waals surface area contributed by atoms with Crippen molar-refractivity contribution in [3.63, 3.8) is 0 Å². The van der Waals surface area contributed by atoms with Gasteiger partial charge in [-0.1, -0.05) is 145 Å². The van der Waals surface area contributed by atoms with E-state index in [0.717, 1.165) is 11.8 Å². The van der Waals surface area contributed by atoms with Crippen LogP contribution in [0.2, 0.25) is 0 Å². The highest BCUT2D eigenvalue weighted by Crippen LogP contribution is 2.22. The molecule has 0 aliphatic carbocycles. The number of nitrogens with zero attached hydrogens (tertiary/aromatic N) is 1. The van der Waals surface area contributed by atoms with Crippen LogP contribution in [0.4, 0.5) is 0 Å². The van der Waals surface area contributed by atoms with Crippen LogP contribution in [0.3, 0.4) is 0 Å². The summed E-state index contributed by atoms with van der Waals surface area (Å²) in [5, 5.41) is 74.2. The molecule has 1 heterocycles. The highest BCUT2D eigenvalue weighted by molar-refractivity contribution is 7.98. The highest BCUT2D eigenvalue weighted by atomic mass is 32.2. The maximum atomic E-state index is 15.0. The summed E-state index contributed by atoms with van der Waals surface area (Å²) >= 11 is 1.32. The maximum Gasteiger partial charge on any atom is 0.326 e. The van der Waals surface area contributed by atoms with Gasteiger partial charge in [-0.05, 0) is 105 Å². The molecular weight excluding hydrogens is 1700 g/mol. The van der Waals surface area contributed by atoms with Crippen molar-refractivity contribution >= 4 is 130 Å². The Morgan fingerprint density at radius 3 is 1.33 bits per heavy atom. The molecule has 0 saturated carbocycles. The summed E-state index contributed by atoms with van der Waals surface area (Å²) in [5.74, 6) is -21.9. The summed E-state index contributed by atoms with van der Waals surface area (Å²) < 4.78 is 0. The van der Waals surface area contributed by atoms with E-state index in [1.807, 2.05) is 6.92 Å². The Morgan fingerprint density at radius 1 is 0.457 bits per heavy atom. The van der Waals surface area contributed by atoms with Gasteiger partial charge in [0.05, 0.1) is 31.5 Å². The minimum atomic E-state index is -2.05. The predicted molar refractivity (Wildman–Crippen MR) is 472 cm³/mol. The number of aliphatic carboxylic acids is 2. The number of rotatable bonds is 58. The number of carboxylic acids is 2. The van der Waals surface area contributed by atoms with Crippen molar-refractivity contribution < 1.29 is 106 Å². The van der Waals surface area contributed by atoms with Gasteiger partial charge < -0.3 is 123 Å². The van der Waals surface area contributed by atoms with Gasteiger partial charge in [0.15, 0.2) is 5.96 Å². The number of hydrogen-bond acceptors (Lipinski definition) is 23. The predicted octanol–water partition coefficient (Wildman–Crippen LogP) is -4.53. The third-order valence-electron chi connectivity index (χ3n) is 21.3. The van der Waals surface area contributed by atoms with E-state index in [1.165, 1.54) is 11.8 Å². The van der Waals surface area contributed by atoms with E-state index in [0.29, 0.717) is 28.9 Å². The van der Waals surface area contributed by atoms with Crippen molar-refractivity contribution in [2.75, 3.05) is 31.6 Å². The number of carbonyl (C=O) groups excluding carboxylic acids is 17. The second-order valence-corrected chi connectivity index (χ2v) is 33.2. The molecule has 43 nitrogen and oxygen atoms in total. The summed E-state index contributed by atoms with van der Waals surface area (Å²) in [4.78, 5) is 264. The summed E-state index contributed by atoms with van der Waals surface area (Å²) in [7, 11) is 0. The van der Waals surface area contributed by atoms with E-state index in [1.54, 1.807) is 132 Å². The molecule has 1 fully saturated rings. The van der Waals surface area contributed by atoms with Gasteiger partial charge in [0.25, 0.3) is 0 Å². The van der Waals surface area contributed by atoms with Crippen LogP contribution in [0.15, 0.2) is 91.0 Å². The molecule has 3 aromatic carbocycles. The molecule has 17 atom stereocenters. The van der Waals surface area contributed by atoms with E-state index >= 15 is 0 Å². The number of amides is 17. The average molecular weight is 1830 g/mol. The van der Waals surface area contributed by atoms with Crippen LogP contribution in [0.5, 0.6) is 0 Å². The second-order valence-electron chi connectivity index (χ2n) is 32.2. The standard InChI is InChI=1S/C85H127N21O22S/c1-9-46(5)68(89)80(123)93-44-66(111)94-55(34-37-129-8)73(116)95-53(30-32-63(86)108)71(114)98-57(39-49-22-14-11-15-23-49)76(119)99-58(40-50-24-16-12-17-25-50)77(120)102-60(43-67(112)113)83(126)106-36-21-29-62(106)79(122)96-52(28-20-35-92-85(90)91)74(117)105-70(48(7)107)82(125)97-54(31-33-64(87)109)72(115)100-59(42-65(88)110)78(121)104-69(47(6)10-2)81(124)101-56(38-45(3)4)75(118)103-61(84(127)128)41-51-26-18-13-19-27-51/h11-19,22-27,45-48,52-62,68-70,107H,9-10,20-21,28-44,89H2,1-8H3,(H2,86,108)(H2,87,109)(H2,88,110)(H,93,123)(H,94,111)(H,95,116)(H,96,122)(H,97,125)(H,98,114)(H,99,119)(H,100,115)(H,101,124)(H,102,120)(H,103,118)(H,104,121)(H,105,117)(H,112,113)(H,127,128)(H4,90,91,92)/t46-,47-,48+,52-,53-,54-,55-,56-,57-,58-,59-,60-,61-,62-,68-,69-,70-/m0/s1. The Morgan fingerprint density at radius 2 is 0.868 bits per heavy atom. The Kier molecular flexibility index (Phi) is 46.8. The number of carbonyl (C=O) groups is 19. The van der Waals surface area contributed by atoms with E-state index in [9.17, 15) is 106 Å². The molecular formula is C85H127N21O22S. The lowest BCUT2D eigenvalue weighted by atomic mass is 9.96. The number of hydrogen-bond donors (Lipinski definition) is 23. The van der Waals surface area contributed by atoms with Crippen LogP contribution >= 0.6 is 11.8 Å². The minimum absolute atomic E-state index is 0.00356. The monoisotopic (exact) mass is 1830 g/mol. The summed E-state index contributed by atoms with van der Waals surface area (Å²) in [6.45, 7) is 10.4. The number of carboxylic acid groups (broad SMARTS) is 2. The van der Waals surface area contributed by atoms with Crippen LogP contribution in [-0.4, -0.2) is 261 Å². The van der Waals surface area contributed by atoms with Crippen molar-refractivity contribution in [3.8, 4) is 0 Å². The van der Waals surface area contributed by atoms with Crippen LogP contribution < -0.4 is 103 Å². The topological polar surface area (TPSA) is 711 Å². The first-order chi connectivity index (χ1) is 61.0. The van der Waals surface area contributed by atoms with Crippen molar-refractivity contribution in [2.45, 2.75) is 248 Å². The number of likely N-dealkylation sites (tertiary alicyclic amines) is 1. The molecule has 44 heteroatoms. The second kappa shape index (κ2) is 55.7. The molecule has 0 unspecified atom stereocenters. The molecule has 129 heavy (non-hydrogen) atoms. The van der Waals surface area contributed by atoms with Gasteiger partial charge in [-0.3, -0.25) is 91.7 Å². The minimum Gasteiger partial charge on any atom is -0.481 e. The number of thioether (sulfide) groups is 1. The average Bonchev–Trinajstić information content (AvgIpc) is 1.66. The van der Waals surface area contributed by atoms with Crippen molar-refractivity contribution in [1.29, 1.82) is 5.41 Å². The molecule has 0 bridgehead atoms. The highest BCUT2D eigenvalue weighted by Gasteiger charge is 2.43. The van der Waals surface area contributed by atoms with Crippen LogP contribution in [0.1, 0.15) is 155 Å². The molecule has 1 aliphatic heterocycles. The molecule has 0 spiro atoms. The smallest absolute Gasteiger partial charge is 0.326 e. The van der Waals surface area contributed by atoms with Crippen molar-refractivity contribution in [2.24, 2.45) is 46.4 Å². The third kappa shape index (κ3) is 38.7. The Bertz CT molecular complexity index is 4350. The molecule has 4 rings (SSSR count). The fraction of sp³-hybridized carbons (Fsp3) is 0.553. The Balaban J connectivity index is 1.64. The lowest BCUT2D eigenvalue weighted by Gasteiger charge is -2.31. The molecule has 0 radical (unpaired) electrons. The van der Waals surface area contributed by atoms with Gasteiger partial charge in [-0.2, -0.15) is 11.8 Å². The fourth-order valence-electron chi connectivity index (χ4n) is 13.7. The van der Waals surface area contributed by atoms with Crippen LogP contribution in [0.25, 0.3) is 0 Å². The molecule has 17 amide bonds. The first-order valence-corrected chi connectivity index (χ1v) is 44.0. The van der Waals surface area contributed by atoms with Crippen molar-refractivity contribution in [1.82, 2.24) is 79.3 Å². The normalized spacial score (nSPS) is 16.0. The van der Waals surface area contributed by atoms with Crippen LogP contribution in [-0.2, 0) is 110 Å². The molecule has 3 aromatic rings. The first-order valence-electron chi connectivity index (χ1n) is 42.6. The zero-order chi connectivity index (χ0) is 96.3. The quantitative estimate of drug-likeness (QED) is 0.0144. The zero-order valence-corrected chi connectivity index (χ0v) is 74.6. The molecule has 710 valence electrons.